The van der Waals surface area contributed by atoms with E-state index >= 15 is 0 Å². The summed E-state index contributed by atoms with van der Waals surface area (Å²) in [6, 6.07) is 5.56. The maximum atomic E-state index is 11.5. The number of hydrogen-bond donors (Lipinski definition) is 3. The third-order valence-corrected chi connectivity index (χ3v) is 3.86. The minimum Gasteiger partial charge on any atom is -0.399 e. The van der Waals surface area contributed by atoms with Gasteiger partial charge in [0.1, 0.15) is 0 Å². The van der Waals surface area contributed by atoms with Gasteiger partial charge >= 0.3 is 0 Å². The Hall–Kier alpha value is -2.24. The van der Waals surface area contributed by atoms with E-state index in [0.717, 1.165) is 29.9 Å². The van der Waals surface area contributed by atoms with Crippen molar-refractivity contribution in [2.75, 3.05) is 23.7 Å². The molecule has 1 amide bonds. The Morgan fingerprint density at radius 2 is 2.32 bits per heavy atom. The number of imidazole rings is 1. The van der Waals surface area contributed by atoms with Crippen molar-refractivity contribution in [3.63, 3.8) is 0 Å². The molecule has 1 atom stereocenters. The van der Waals surface area contributed by atoms with E-state index in [-0.39, 0.29) is 5.91 Å². The molecule has 1 aromatic heterocycles. The number of nitrogen functional groups attached to an aromatic ring is 1. The molecule has 1 unspecified atom stereocenters. The van der Waals surface area contributed by atoms with Crippen LogP contribution in [0.4, 0.5) is 11.6 Å². The monoisotopic (exact) mass is 259 g/mol. The predicted molar refractivity (Wildman–Crippen MR) is 74.6 cm³/mol. The van der Waals surface area contributed by atoms with E-state index in [0.29, 0.717) is 12.2 Å². The van der Waals surface area contributed by atoms with Crippen molar-refractivity contribution >= 4 is 28.6 Å². The number of benzene rings is 1. The number of primary amides is 1. The second-order valence-corrected chi connectivity index (χ2v) is 5.43. The average Bonchev–Trinajstić information content (AvgIpc) is 2.93. The molecule has 6 heteroatoms. The molecule has 1 aliphatic rings. The van der Waals surface area contributed by atoms with E-state index in [9.17, 15) is 4.79 Å². The lowest BCUT2D eigenvalue weighted by Crippen LogP contribution is -2.37. The molecule has 6 nitrogen and oxygen atoms in total. The first kappa shape index (κ1) is 11.8. The van der Waals surface area contributed by atoms with Crippen LogP contribution in [0.2, 0.25) is 0 Å². The fourth-order valence-corrected chi connectivity index (χ4v) is 2.51. The molecule has 19 heavy (non-hydrogen) atoms. The second kappa shape index (κ2) is 3.88. The highest BCUT2D eigenvalue weighted by Crippen LogP contribution is 2.32. The van der Waals surface area contributed by atoms with Crippen LogP contribution in [0.3, 0.4) is 0 Å². The highest BCUT2D eigenvalue weighted by atomic mass is 16.1. The number of anilines is 2. The fourth-order valence-electron chi connectivity index (χ4n) is 2.51. The maximum Gasteiger partial charge on any atom is 0.225 e. The Labute approximate surface area is 110 Å². The summed E-state index contributed by atoms with van der Waals surface area (Å²) in [5, 5.41) is 0. The molecule has 5 N–H and O–H groups in total. The number of carbonyl (C=O) groups is 1. The van der Waals surface area contributed by atoms with Gasteiger partial charge in [-0.2, -0.15) is 0 Å². The quantitative estimate of drug-likeness (QED) is 0.696. The standard InChI is InChI=1S/C13H17N5O/c1-13(11(15)19)4-5-18(7-13)12-16-9-3-2-8(14)6-10(9)17-12/h2-3,6H,4-5,7,14H2,1H3,(H2,15,19)(H,16,17). The fraction of sp³-hybridized carbons (Fsp3) is 0.385. The summed E-state index contributed by atoms with van der Waals surface area (Å²) in [6.45, 7) is 3.27. The normalized spacial score (nSPS) is 23.1. The van der Waals surface area contributed by atoms with Crippen LogP contribution in [0, 0.1) is 5.41 Å². The highest BCUT2D eigenvalue weighted by molar-refractivity contribution is 5.83. The number of nitrogens with zero attached hydrogens (tertiary/aromatic N) is 2. The summed E-state index contributed by atoms with van der Waals surface area (Å²) < 4.78 is 0. The highest BCUT2D eigenvalue weighted by Gasteiger charge is 2.39. The molecule has 100 valence electrons. The number of rotatable bonds is 2. The van der Waals surface area contributed by atoms with Gasteiger partial charge in [-0.05, 0) is 31.5 Å². The van der Waals surface area contributed by atoms with Crippen molar-refractivity contribution in [3.05, 3.63) is 18.2 Å². The van der Waals surface area contributed by atoms with Gasteiger partial charge in [0.15, 0.2) is 0 Å². The number of carbonyl (C=O) groups excluding carboxylic acids is 1. The number of aromatic nitrogens is 2. The SMILES string of the molecule is CC1(C(N)=O)CCN(c2nc3ccc(N)cc3[nH]2)C1. The minimum absolute atomic E-state index is 0.254. The summed E-state index contributed by atoms with van der Waals surface area (Å²) in [7, 11) is 0. The Morgan fingerprint density at radius 3 is 3.00 bits per heavy atom. The first-order chi connectivity index (χ1) is 8.98. The van der Waals surface area contributed by atoms with Crippen LogP contribution in [0.1, 0.15) is 13.3 Å². The van der Waals surface area contributed by atoms with E-state index in [4.69, 9.17) is 11.5 Å². The number of nitrogens with two attached hydrogens (primary N) is 2. The van der Waals surface area contributed by atoms with Crippen molar-refractivity contribution in [2.24, 2.45) is 11.1 Å². The van der Waals surface area contributed by atoms with Gasteiger partial charge in [0.05, 0.1) is 16.4 Å². The predicted octanol–water partition coefficient (Wildman–Crippen LogP) is 0.847. The molecule has 0 spiro atoms. The first-order valence-corrected chi connectivity index (χ1v) is 6.28. The van der Waals surface area contributed by atoms with Crippen LogP contribution in [0.15, 0.2) is 18.2 Å². The Bertz CT molecular complexity index is 650. The van der Waals surface area contributed by atoms with E-state index in [1.807, 2.05) is 25.1 Å². The molecule has 2 heterocycles. The summed E-state index contributed by atoms with van der Waals surface area (Å²) in [6.07, 6.45) is 0.752. The molecule has 1 aliphatic heterocycles. The molecule has 0 bridgehead atoms. The van der Waals surface area contributed by atoms with Crippen LogP contribution in [-0.2, 0) is 4.79 Å². The van der Waals surface area contributed by atoms with E-state index in [1.54, 1.807) is 0 Å². The van der Waals surface area contributed by atoms with Gasteiger partial charge in [0.2, 0.25) is 11.9 Å². The van der Waals surface area contributed by atoms with Gasteiger partial charge in [-0.25, -0.2) is 4.98 Å². The number of hydrogen-bond acceptors (Lipinski definition) is 4. The number of amides is 1. The van der Waals surface area contributed by atoms with Crippen molar-refractivity contribution in [1.82, 2.24) is 9.97 Å². The zero-order valence-corrected chi connectivity index (χ0v) is 10.8. The molecule has 0 radical (unpaired) electrons. The zero-order chi connectivity index (χ0) is 13.6. The summed E-state index contributed by atoms with van der Waals surface area (Å²) in [5.74, 6) is 0.515. The average molecular weight is 259 g/mol. The molecule has 1 fully saturated rings. The molecule has 2 aromatic rings. The molecule has 3 rings (SSSR count). The Kier molecular flexibility index (Phi) is 2.41. The number of fused-ring (bicyclic) bond motifs is 1. The zero-order valence-electron chi connectivity index (χ0n) is 10.8. The third kappa shape index (κ3) is 1.89. The summed E-state index contributed by atoms with van der Waals surface area (Å²) in [5.41, 5.74) is 13.2. The van der Waals surface area contributed by atoms with Gasteiger partial charge < -0.3 is 21.4 Å². The van der Waals surface area contributed by atoms with Crippen LogP contribution >= 0.6 is 0 Å². The second-order valence-electron chi connectivity index (χ2n) is 5.43. The van der Waals surface area contributed by atoms with E-state index < -0.39 is 5.41 Å². The topological polar surface area (TPSA) is 101 Å². The number of aromatic amines is 1. The number of H-pyrrole nitrogens is 1. The Morgan fingerprint density at radius 1 is 1.53 bits per heavy atom. The smallest absolute Gasteiger partial charge is 0.225 e. The minimum atomic E-state index is -0.474. The van der Waals surface area contributed by atoms with Crippen LogP contribution in [0.5, 0.6) is 0 Å². The van der Waals surface area contributed by atoms with Gasteiger partial charge in [-0.1, -0.05) is 0 Å². The lowest BCUT2D eigenvalue weighted by molar-refractivity contribution is -0.125. The van der Waals surface area contributed by atoms with E-state index in [2.05, 4.69) is 14.9 Å². The summed E-state index contributed by atoms with van der Waals surface area (Å²) in [4.78, 5) is 21.3. The van der Waals surface area contributed by atoms with Crippen molar-refractivity contribution in [2.45, 2.75) is 13.3 Å². The van der Waals surface area contributed by atoms with Crippen LogP contribution in [-0.4, -0.2) is 29.0 Å². The lowest BCUT2D eigenvalue weighted by atomic mass is 9.89. The van der Waals surface area contributed by atoms with Gasteiger partial charge in [-0.15, -0.1) is 0 Å². The molecule has 1 saturated heterocycles. The van der Waals surface area contributed by atoms with Gasteiger partial charge in [0, 0.05) is 18.8 Å². The molecule has 0 saturated carbocycles. The van der Waals surface area contributed by atoms with Crippen molar-refractivity contribution in [3.8, 4) is 0 Å². The van der Waals surface area contributed by atoms with Crippen LogP contribution in [0.25, 0.3) is 11.0 Å². The van der Waals surface area contributed by atoms with E-state index in [1.165, 1.54) is 0 Å². The first-order valence-electron chi connectivity index (χ1n) is 6.28. The third-order valence-electron chi connectivity index (χ3n) is 3.86. The maximum absolute atomic E-state index is 11.5. The molecular formula is C13H17N5O. The molecule has 0 aliphatic carbocycles. The number of nitrogens with one attached hydrogen (secondary N) is 1. The Balaban J connectivity index is 1.92. The van der Waals surface area contributed by atoms with Crippen LogP contribution < -0.4 is 16.4 Å². The lowest BCUT2D eigenvalue weighted by Gasteiger charge is -2.20. The van der Waals surface area contributed by atoms with Crippen molar-refractivity contribution < 1.29 is 4.79 Å². The molecular weight excluding hydrogens is 242 g/mol. The largest absolute Gasteiger partial charge is 0.399 e. The molecule has 1 aromatic carbocycles. The summed E-state index contributed by atoms with van der Waals surface area (Å²) >= 11 is 0. The van der Waals surface area contributed by atoms with Crippen molar-refractivity contribution in [1.29, 1.82) is 0 Å². The van der Waals surface area contributed by atoms with Gasteiger partial charge in [-0.3, -0.25) is 4.79 Å². The van der Waals surface area contributed by atoms with Gasteiger partial charge in [0.25, 0.3) is 0 Å².